The summed E-state index contributed by atoms with van der Waals surface area (Å²) in [5.74, 6) is -0.288. The van der Waals surface area contributed by atoms with Crippen LogP contribution < -0.4 is 0 Å². The fourth-order valence-corrected chi connectivity index (χ4v) is 5.01. The smallest absolute Gasteiger partial charge is 0.283 e. The maximum atomic E-state index is 12.9. The number of piperazine rings is 1. The predicted molar refractivity (Wildman–Crippen MR) is 130 cm³/mol. The number of hydrogen-bond donors (Lipinski definition) is 0. The summed E-state index contributed by atoms with van der Waals surface area (Å²) in [5.41, 5.74) is 1.58. The molecule has 2 amide bonds. The molecule has 1 aliphatic heterocycles. The topological polar surface area (TPSA) is 83.8 Å². The molecule has 1 heterocycles. The van der Waals surface area contributed by atoms with Gasteiger partial charge in [-0.3, -0.25) is 19.7 Å². The fraction of sp³-hybridized carbons (Fsp3) is 0.360. The number of benzene rings is 2. The zero-order chi connectivity index (χ0) is 24.3. The number of hydrogen-bond acceptors (Lipinski definition) is 5. The van der Waals surface area contributed by atoms with Gasteiger partial charge in [0.25, 0.3) is 11.6 Å². The highest BCUT2D eigenvalue weighted by atomic mass is 32.2. The molecule has 0 atom stereocenters. The van der Waals surface area contributed by atoms with Gasteiger partial charge in [-0.05, 0) is 28.7 Å². The van der Waals surface area contributed by atoms with Crippen molar-refractivity contribution < 1.29 is 14.5 Å². The van der Waals surface area contributed by atoms with Crippen LogP contribution in [0.15, 0.2) is 58.8 Å². The third-order valence-corrected chi connectivity index (χ3v) is 6.83. The first-order chi connectivity index (χ1) is 15.5. The highest BCUT2D eigenvalue weighted by molar-refractivity contribution is 7.99. The Hall–Kier alpha value is -3.13. The van der Waals surface area contributed by atoms with Gasteiger partial charge in [-0.25, -0.2) is 0 Å². The van der Waals surface area contributed by atoms with Crippen LogP contribution in [0.5, 0.6) is 0 Å². The van der Waals surface area contributed by atoms with Crippen molar-refractivity contribution in [1.29, 1.82) is 0 Å². The van der Waals surface area contributed by atoms with Gasteiger partial charge in [0.15, 0.2) is 0 Å². The van der Waals surface area contributed by atoms with Crippen LogP contribution in [-0.4, -0.2) is 52.7 Å². The SMILES string of the molecule is C=C(C(=O)N1CCN(C(C)=O)CC1)c1ccc(Sc2ccccc2C(C)(C)C)c([N+](=O)[O-])c1. The lowest BCUT2D eigenvalue weighted by Gasteiger charge is -2.34. The predicted octanol–water partition coefficient (Wildman–Crippen LogP) is 4.75. The number of nitro groups is 1. The Morgan fingerprint density at radius 3 is 2.18 bits per heavy atom. The summed E-state index contributed by atoms with van der Waals surface area (Å²) in [6.07, 6.45) is 0. The molecule has 0 N–H and O–H groups in total. The molecular weight excluding hydrogens is 438 g/mol. The first kappa shape index (κ1) is 24.5. The molecule has 3 rings (SSSR count). The maximum absolute atomic E-state index is 12.9. The van der Waals surface area contributed by atoms with E-state index >= 15 is 0 Å². The Morgan fingerprint density at radius 1 is 1.00 bits per heavy atom. The lowest BCUT2D eigenvalue weighted by molar-refractivity contribution is -0.387. The van der Waals surface area contributed by atoms with Crippen molar-refractivity contribution in [3.05, 3.63) is 70.3 Å². The molecule has 0 bridgehead atoms. The number of amides is 2. The van der Waals surface area contributed by atoms with Crippen LogP contribution in [0, 0.1) is 10.1 Å². The summed E-state index contributed by atoms with van der Waals surface area (Å²) < 4.78 is 0. The maximum Gasteiger partial charge on any atom is 0.283 e. The standard InChI is InChI=1S/C25H29N3O4S/c1-17(24(30)27-14-12-26(13-15-27)18(2)29)19-10-11-23(21(16-19)28(31)32)33-22-9-7-6-8-20(22)25(3,4)5/h6-11,16H,1,12-15H2,2-5H3. The van der Waals surface area contributed by atoms with Crippen molar-refractivity contribution in [2.45, 2.75) is 42.9 Å². The van der Waals surface area contributed by atoms with E-state index in [2.05, 4.69) is 27.4 Å². The number of carbonyl (C=O) groups excluding carboxylic acids is 2. The molecule has 0 aliphatic carbocycles. The molecule has 2 aromatic carbocycles. The Kier molecular flexibility index (Phi) is 7.27. The molecule has 0 unspecified atom stereocenters. The van der Waals surface area contributed by atoms with E-state index in [0.29, 0.717) is 36.6 Å². The quantitative estimate of drug-likeness (QED) is 0.360. The van der Waals surface area contributed by atoms with E-state index < -0.39 is 4.92 Å². The Labute approximate surface area is 198 Å². The van der Waals surface area contributed by atoms with E-state index in [1.165, 1.54) is 24.8 Å². The minimum absolute atomic E-state index is 0.0160. The van der Waals surface area contributed by atoms with Gasteiger partial charge in [0.2, 0.25) is 5.91 Å². The van der Waals surface area contributed by atoms with Gasteiger partial charge in [0, 0.05) is 49.6 Å². The molecule has 0 saturated carbocycles. The fourth-order valence-electron chi connectivity index (χ4n) is 3.77. The molecule has 0 aromatic heterocycles. The number of nitrogens with zero attached hydrogens (tertiary/aromatic N) is 3. The van der Waals surface area contributed by atoms with Gasteiger partial charge >= 0.3 is 0 Å². The number of nitro benzene ring substituents is 1. The molecule has 1 aliphatic rings. The summed E-state index contributed by atoms with van der Waals surface area (Å²) in [6, 6.07) is 12.7. The largest absolute Gasteiger partial charge is 0.339 e. The summed E-state index contributed by atoms with van der Waals surface area (Å²) in [6.45, 7) is 13.5. The summed E-state index contributed by atoms with van der Waals surface area (Å²) >= 11 is 1.35. The van der Waals surface area contributed by atoms with E-state index in [9.17, 15) is 19.7 Å². The van der Waals surface area contributed by atoms with Gasteiger partial charge in [0.1, 0.15) is 0 Å². The van der Waals surface area contributed by atoms with Gasteiger partial charge in [0.05, 0.1) is 9.82 Å². The summed E-state index contributed by atoms with van der Waals surface area (Å²) in [5, 5.41) is 11.9. The second-order valence-corrected chi connectivity index (χ2v) is 10.1. The van der Waals surface area contributed by atoms with Crippen LogP contribution in [0.2, 0.25) is 0 Å². The lowest BCUT2D eigenvalue weighted by atomic mass is 9.87. The zero-order valence-electron chi connectivity index (χ0n) is 19.5. The third kappa shape index (κ3) is 5.63. The van der Waals surface area contributed by atoms with Gasteiger partial charge in [-0.15, -0.1) is 0 Å². The van der Waals surface area contributed by atoms with Crippen molar-refractivity contribution >= 4 is 34.8 Å². The molecule has 8 heteroatoms. The third-order valence-electron chi connectivity index (χ3n) is 5.69. The van der Waals surface area contributed by atoms with Gasteiger partial charge in [-0.1, -0.05) is 63.4 Å². The molecule has 0 spiro atoms. The molecule has 174 valence electrons. The molecule has 33 heavy (non-hydrogen) atoms. The highest BCUT2D eigenvalue weighted by Crippen LogP contribution is 2.40. The lowest BCUT2D eigenvalue weighted by Crippen LogP contribution is -2.50. The van der Waals surface area contributed by atoms with Crippen LogP contribution in [0.1, 0.15) is 38.8 Å². The Bertz CT molecular complexity index is 1100. The van der Waals surface area contributed by atoms with Crippen molar-refractivity contribution in [1.82, 2.24) is 9.80 Å². The minimum Gasteiger partial charge on any atom is -0.339 e. The first-order valence-electron chi connectivity index (χ1n) is 10.8. The Morgan fingerprint density at radius 2 is 1.61 bits per heavy atom. The van der Waals surface area contributed by atoms with E-state index in [1.807, 2.05) is 24.3 Å². The molecule has 7 nitrogen and oxygen atoms in total. The average molecular weight is 468 g/mol. The van der Waals surface area contributed by atoms with Crippen molar-refractivity contribution in [3.63, 3.8) is 0 Å². The minimum atomic E-state index is -0.422. The molecule has 1 fully saturated rings. The second kappa shape index (κ2) is 9.79. The van der Waals surface area contributed by atoms with E-state index in [0.717, 1.165) is 10.5 Å². The molecule has 0 radical (unpaired) electrons. The monoisotopic (exact) mass is 467 g/mol. The van der Waals surface area contributed by atoms with E-state index in [4.69, 9.17) is 0 Å². The van der Waals surface area contributed by atoms with Crippen LogP contribution in [-0.2, 0) is 15.0 Å². The summed E-state index contributed by atoms with van der Waals surface area (Å²) in [7, 11) is 0. The van der Waals surface area contributed by atoms with Gasteiger partial charge in [-0.2, -0.15) is 0 Å². The van der Waals surface area contributed by atoms with Crippen LogP contribution in [0.3, 0.4) is 0 Å². The van der Waals surface area contributed by atoms with Crippen LogP contribution >= 0.6 is 11.8 Å². The van der Waals surface area contributed by atoms with E-state index in [1.54, 1.807) is 21.9 Å². The normalized spacial score (nSPS) is 14.2. The van der Waals surface area contributed by atoms with Crippen molar-refractivity contribution in [2.24, 2.45) is 0 Å². The van der Waals surface area contributed by atoms with Gasteiger partial charge < -0.3 is 9.80 Å². The number of carbonyl (C=O) groups is 2. The molecular formula is C25H29N3O4S. The van der Waals surface area contributed by atoms with Crippen LogP contribution in [0.25, 0.3) is 5.57 Å². The molecule has 1 saturated heterocycles. The number of rotatable bonds is 5. The second-order valence-electron chi connectivity index (χ2n) is 9.06. The van der Waals surface area contributed by atoms with Crippen molar-refractivity contribution in [2.75, 3.05) is 26.2 Å². The highest BCUT2D eigenvalue weighted by Gasteiger charge is 2.26. The average Bonchev–Trinajstić information content (AvgIpc) is 2.78. The van der Waals surface area contributed by atoms with Crippen molar-refractivity contribution in [3.8, 4) is 0 Å². The summed E-state index contributed by atoms with van der Waals surface area (Å²) in [4.78, 5) is 40.7. The zero-order valence-corrected chi connectivity index (χ0v) is 20.3. The van der Waals surface area contributed by atoms with E-state index in [-0.39, 0.29) is 28.5 Å². The molecule has 2 aromatic rings. The van der Waals surface area contributed by atoms with Crippen LogP contribution in [0.4, 0.5) is 5.69 Å². The Balaban J connectivity index is 1.84. The first-order valence-corrected chi connectivity index (χ1v) is 11.6.